The lowest BCUT2D eigenvalue weighted by Gasteiger charge is -2.15. The van der Waals surface area contributed by atoms with Gasteiger partial charge in [-0.3, -0.25) is 14.8 Å². The number of anilines is 1. The lowest BCUT2D eigenvalue weighted by atomic mass is 10.0. The highest BCUT2D eigenvalue weighted by Crippen LogP contribution is 2.37. The number of nitrogens with one attached hydrogen (secondary N) is 2. The molecule has 0 spiro atoms. The molecule has 0 aliphatic carbocycles. The predicted octanol–water partition coefficient (Wildman–Crippen LogP) is 2.28. The van der Waals surface area contributed by atoms with Crippen molar-refractivity contribution in [3.05, 3.63) is 35.5 Å². The molecule has 3 heterocycles. The third-order valence-electron chi connectivity index (χ3n) is 4.34. The first-order valence-electron chi connectivity index (χ1n) is 8.08. The summed E-state index contributed by atoms with van der Waals surface area (Å²) < 4.78 is 5.34. The van der Waals surface area contributed by atoms with Crippen molar-refractivity contribution in [2.45, 2.75) is 24.5 Å². The van der Waals surface area contributed by atoms with Crippen LogP contribution in [0.5, 0.6) is 0 Å². The molecular weight excluding hydrogens is 340 g/mol. The van der Waals surface area contributed by atoms with Gasteiger partial charge in [-0.1, -0.05) is 6.07 Å². The number of amides is 2. The fourth-order valence-electron chi connectivity index (χ4n) is 3.12. The Labute approximate surface area is 149 Å². The van der Waals surface area contributed by atoms with Gasteiger partial charge in [-0.2, -0.15) is 16.9 Å². The van der Waals surface area contributed by atoms with Crippen LogP contribution >= 0.6 is 11.8 Å². The monoisotopic (exact) mass is 358 g/mol. The number of hydrogen-bond donors (Lipinski definition) is 2. The van der Waals surface area contributed by atoms with Crippen molar-refractivity contribution >= 4 is 29.4 Å². The van der Waals surface area contributed by atoms with E-state index in [9.17, 15) is 9.59 Å². The van der Waals surface area contributed by atoms with Gasteiger partial charge in [0.05, 0.1) is 18.8 Å². The highest BCUT2D eigenvalue weighted by atomic mass is 32.2. The molecule has 7 nitrogen and oxygen atoms in total. The van der Waals surface area contributed by atoms with Crippen molar-refractivity contribution in [2.24, 2.45) is 0 Å². The standard InChI is InChI=1S/C17H18N4O3S/c1-10(22)18-6-14-7-21(17(23)24-14)13-2-3-15-11(4-13)8-25-9-12-5-19-20-16(12)15/h2-5,14H,6-9H2,1H3,(H,18,22)(H,19,20)/t14-/m0/s1. The first-order chi connectivity index (χ1) is 12.1. The van der Waals surface area contributed by atoms with Gasteiger partial charge in [-0.15, -0.1) is 0 Å². The van der Waals surface area contributed by atoms with E-state index in [4.69, 9.17) is 4.74 Å². The van der Waals surface area contributed by atoms with Crippen molar-refractivity contribution in [1.29, 1.82) is 0 Å². The molecule has 0 radical (unpaired) electrons. The van der Waals surface area contributed by atoms with E-state index in [-0.39, 0.29) is 18.1 Å². The Kier molecular flexibility index (Phi) is 4.12. The Morgan fingerprint density at radius 2 is 2.28 bits per heavy atom. The number of carbonyl (C=O) groups excluding carboxylic acids is 2. The third-order valence-corrected chi connectivity index (χ3v) is 5.37. The maximum absolute atomic E-state index is 12.2. The Morgan fingerprint density at radius 3 is 3.12 bits per heavy atom. The summed E-state index contributed by atoms with van der Waals surface area (Å²) in [6, 6.07) is 5.98. The summed E-state index contributed by atoms with van der Waals surface area (Å²) >= 11 is 1.83. The number of cyclic esters (lactones) is 1. The molecule has 1 aromatic heterocycles. The first kappa shape index (κ1) is 16.0. The predicted molar refractivity (Wildman–Crippen MR) is 95.3 cm³/mol. The Morgan fingerprint density at radius 1 is 1.44 bits per heavy atom. The number of fused-ring (bicyclic) bond motifs is 3. The quantitative estimate of drug-likeness (QED) is 0.879. The van der Waals surface area contributed by atoms with Crippen molar-refractivity contribution in [2.75, 3.05) is 18.0 Å². The second-order valence-electron chi connectivity index (χ2n) is 6.15. The van der Waals surface area contributed by atoms with Crippen LogP contribution in [-0.4, -0.2) is 41.4 Å². The van der Waals surface area contributed by atoms with E-state index in [1.807, 2.05) is 36.2 Å². The number of rotatable bonds is 3. The zero-order valence-corrected chi connectivity index (χ0v) is 14.6. The minimum atomic E-state index is -0.378. The van der Waals surface area contributed by atoms with Gasteiger partial charge in [0.1, 0.15) is 6.10 Å². The summed E-state index contributed by atoms with van der Waals surface area (Å²) in [5, 5.41) is 9.99. The molecule has 0 bridgehead atoms. The van der Waals surface area contributed by atoms with Gasteiger partial charge in [-0.25, -0.2) is 4.79 Å². The summed E-state index contributed by atoms with van der Waals surface area (Å²) in [6.45, 7) is 2.20. The number of hydrogen-bond acceptors (Lipinski definition) is 5. The molecule has 2 amide bonds. The number of thioether (sulfide) groups is 1. The summed E-state index contributed by atoms with van der Waals surface area (Å²) in [4.78, 5) is 24.8. The number of ether oxygens (including phenoxy) is 1. The summed E-state index contributed by atoms with van der Waals surface area (Å²) in [5.74, 6) is 1.66. The topological polar surface area (TPSA) is 87.3 Å². The first-order valence-corrected chi connectivity index (χ1v) is 9.23. The molecule has 4 rings (SSSR count). The minimum absolute atomic E-state index is 0.133. The fraction of sp³-hybridized carbons (Fsp3) is 0.353. The van der Waals surface area contributed by atoms with E-state index in [0.29, 0.717) is 13.1 Å². The molecule has 2 aliphatic heterocycles. The van der Waals surface area contributed by atoms with E-state index in [1.54, 1.807) is 4.90 Å². The van der Waals surface area contributed by atoms with E-state index >= 15 is 0 Å². The van der Waals surface area contributed by atoms with Crippen molar-refractivity contribution in [3.8, 4) is 11.3 Å². The van der Waals surface area contributed by atoms with Crippen molar-refractivity contribution < 1.29 is 14.3 Å². The van der Waals surface area contributed by atoms with Crippen molar-refractivity contribution in [3.63, 3.8) is 0 Å². The van der Waals surface area contributed by atoms with E-state index in [0.717, 1.165) is 34.0 Å². The van der Waals surface area contributed by atoms with Crippen LogP contribution < -0.4 is 10.2 Å². The van der Waals surface area contributed by atoms with Crippen LogP contribution in [0.1, 0.15) is 18.1 Å². The van der Waals surface area contributed by atoms with Crippen molar-refractivity contribution in [1.82, 2.24) is 15.5 Å². The van der Waals surface area contributed by atoms with Gasteiger partial charge in [-0.05, 0) is 17.7 Å². The number of benzene rings is 1. The SMILES string of the molecule is CC(=O)NC[C@H]1CN(c2ccc3c(c2)CSCc2c[nH]nc2-3)C(=O)O1. The van der Waals surface area contributed by atoms with Crippen LogP contribution in [0.2, 0.25) is 0 Å². The van der Waals surface area contributed by atoms with Crippen LogP contribution in [-0.2, 0) is 21.0 Å². The van der Waals surface area contributed by atoms with Gasteiger partial charge in [0.2, 0.25) is 5.91 Å². The molecule has 2 N–H and O–H groups in total. The fourth-order valence-corrected chi connectivity index (χ4v) is 4.12. The maximum Gasteiger partial charge on any atom is 0.414 e. The van der Waals surface area contributed by atoms with E-state index in [2.05, 4.69) is 15.5 Å². The molecule has 8 heteroatoms. The van der Waals surface area contributed by atoms with Gasteiger partial charge in [0.15, 0.2) is 0 Å². The molecular formula is C17H18N4O3S. The lowest BCUT2D eigenvalue weighted by molar-refractivity contribution is -0.119. The summed E-state index contributed by atoms with van der Waals surface area (Å²) in [6.07, 6.45) is 1.23. The Balaban J connectivity index is 1.58. The van der Waals surface area contributed by atoms with Crippen LogP contribution in [0.3, 0.4) is 0 Å². The van der Waals surface area contributed by atoms with Gasteiger partial charge in [0, 0.05) is 41.4 Å². The smallest absolute Gasteiger partial charge is 0.414 e. The Hall–Kier alpha value is -2.48. The molecule has 1 aromatic carbocycles. The van der Waals surface area contributed by atoms with Gasteiger partial charge >= 0.3 is 6.09 Å². The lowest BCUT2D eigenvalue weighted by Crippen LogP contribution is -2.33. The van der Waals surface area contributed by atoms with Crippen LogP contribution in [0.15, 0.2) is 24.4 Å². The molecule has 25 heavy (non-hydrogen) atoms. The summed E-state index contributed by atoms with van der Waals surface area (Å²) in [5.41, 5.74) is 5.26. The Bertz CT molecular complexity index is 835. The molecule has 1 saturated heterocycles. The minimum Gasteiger partial charge on any atom is -0.442 e. The molecule has 0 saturated carbocycles. The number of nitrogens with zero attached hydrogens (tertiary/aromatic N) is 2. The van der Waals surface area contributed by atoms with E-state index in [1.165, 1.54) is 12.5 Å². The number of carbonyl (C=O) groups is 2. The zero-order chi connectivity index (χ0) is 17.4. The second-order valence-corrected chi connectivity index (χ2v) is 7.13. The van der Waals surface area contributed by atoms with Crippen LogP contribution in [0, 0.1) is 0 Å². The molecule has 0 unspecified atom stereocenters. The average Bonchev–Trinajstić information content (AvgIpc) is 3.15. The maximum atomic E-state index is 12.2. The number of aromatic nitrogens is 2. The molecule has 130 valence electrons. The zero-order valence-electron chi connectivity index (χ0n) is 13.7. The number of aromatic amines is 1. The highest BCUT2D eigenvalue weighted by molar-refractivity contribution is 7.97. The number of H-pyrrole nitrogens is 1. The third kappa shape index (κ3) is 3.09. The average molecular weight is 358 g/mol. The van der Waals surface area contributed by atoms with Gasteiger partial charge in [0.25, 0.3) is 0 Å². The van der Waals surface area contributed by atoms with E-state index < -0.39 is 0 Å². The highest BCUT2D eigenvalue weighted by Gasteiger charge is 2.33. The van der Waals surface area contributed by atoms with Crippen LogP contribution in [0.4, 0.5) is 10.5 Å². The molecule has 2 aliphatic rings. The molecule has 2 aromatic rings. The second kappa shape index (κ2) is 6.44. The largest absolute Gasteiger partial charge is 0.442 e. The molecule has 1 fully saturated rings. The molecule has 1 atom stereocenters. The summed E-state index contributed by atoms with van der Waals surface area (Å²) in [7, 11) is 0. The normalized spacial score (nSPS) is 19.0. The van der Waals surface area contributed by atoms with Gasteiger partial charge < -0.3 is 10.1 Å². The van der Waals surface area contributed by atoms with Crippen LogP contribution in [0.25, 0.3) is 11.3 Å².